The van der Waals surface area contributed by atoms with Gasteiger partial charge in [-0.1, -0.05) is 6.07 Å². The van der Waals surface area contributed by atoms with Gasteiger partial charge in [-0.25, -0.2) is 0 Å². The Morgan fingerprint density at radius 1 is 1.40 bits per heavy atom. The summed E-state index contributed by atoms with van der Waals surface area (Å²) in [7, 11) is 0. The first-order valence-electron chi connectivity index (χ1n) is 5.24. The predicted octanol–water partition coefficient (Wildman–Crippen LogP) is 2.37. The normalized spacial score (nSPS) is 16.5. The van der Waals surface area contributed by atoms with E-state index in [1.165, 1.54) is 19.3 Å². The van der Waals surface area contributed by atoms with Gasteiger partial charge in [0.25, 0.3) is 6.01 Å². The Bertz CT molecular complexity index is 488. The van der Waals surface area contributed by atoms with Crippen molar-refractivity contribution in [3.8, 4) is 0 Å². The molecule has 1 saturated carbocycles. The summed E-state index contributed by atoms with van der Waals surface area (Å²) in [5.41, 5.74) is 7.96. The third-order valence-electron chi connectivity index (χ3n) is 2.88. The lowest BCUT2D eigenvalue weighted by Gasteiger charge is -2.25. The SMILES string of the molecule is Nc1cccc2oc(NC3CCC3)nc12. The van der Waals surface area contributed by atoms with Crippen LogP contribution in [-0.2, 0) is 0 Å². The third kappa shape index (κ3) is 1.42. The first kappa shape index (κ1) is 8.59. The highest BCUT2D eigenvalue weighted by Crippen LogP contribution is 2.27. The number of hydrogen-bond acceptors (Lipinski definition) is 4. The number of benzene rings is 1. The number of nitrogens with one attached hydrogen (secondary N) is 1. The number of nitrogens with zero attached hydrogens (tertiary/aromatic N) is 1. The Kier molecular flexibility index (Phi) is 1.80. The van der Waals surface area contributed by atoms with Gasteiger partial charge in [-0.15, -0.1) is 0 Å². The highest BCUT2D eigenvalue weighted by molar-refractivity contribution is 5.86. The second-order valence-electron chi connectivity index (χ2n) is 3.99. The van der Waals surface area contributed by atoms with Gasteiger partial charge < -0.3 is 15.5 Å². The summed E-state index contributed by atoms with van der Waals surface area (Å²) < 4.78 is 5.55. The standard InChI is InChI=1S/C11H13N3O/c12-8-5-2-6-9-10(8)14-11(15-9)13-7-3-1-4-7/h2,5-7H,1,3-4,12H2,(H,13,14). The van der Waals surface area contributed by atoms with Gasteiger partial charge in [0.2, 0.25) is 0 Å². The van der Waals surface area contributed by atoms with Crippen LogP contribution in [0, 0.1) is 0 Å². The Morgan fingerprint density at radius 2 is 2.27 bits per heavy atom. The molecule has 1 heterocycles. The highest BCUT2D eigenvalue weighted by atomic mass is 16.4. The minimum Gasteiger partial charge on any atom is -0.423 e. The van der Waals surface area contributed by atoms with E-state index in [1.54, 1.807) is 0 Å². The molecular formula is C11H13N3O. The van der Waals surface area contributed by atoms with Gasteiger partial charge in [0.05, 0.1) is 5.69 Å². The molecule has 0 bridgehead atoms. The van der Waals surface area contributed by atoms with Crippen LogP contribution < -0.4 is 11.1 Å². The van der Waals surface area contributed by atoms with Crippen molar-refractivity contribution in [2.45, 2.75) is 25.3 Å². The summed E-state index contributed by atoms with van der Waals surface area (Å²) in [6.07, 6.45) is 3.70. The van der Waals surface area contributed by atoms with E-state index in [4.69, 9.17) is 10.2 Å². The van der Waals surface area contributed by atoms with Gasteiger partial charge in [-0.2, -0.15) is 4.98 Å². The molecule has 0 aliphatic heterocycles. The third-order valence-corrected chi connectivity index (χ3v) is 2.88. The summed E-state index contributed by atoms with van der Waals surface area (Å²) >= 11 is 0. The zero-order valence-electron chi connectivity index (χ0n) is 8.36. The van der Waals surface area contributed by atoms with Crippen molar-refractivity contribution < 1.29 is 4.42 Å². The molecular weight excluding hydrogens is 190 g/mol. The van der Waals surface area contributed by atoms with Crippen LogP contribution in [0.1, 0.15) is 19.3 Å². The largest absolute Gasteiger partial charge is 0.423 e. The molecule has 3 rings (SSSR count). The lowest BCUT2D eigenvalue weighted by atomic mass is 9.93. The summed E-state index contributed by atoms with van der Waals surface area (Å²) in [5, 5.41) is 3.26. The molecule has 0 saturated heterocycles. The zero-order chi connectivity index (χ0) is 10.3. The van der Waals surface area contributed by atoms with Crippen LogP contribution in [0.15, 0.2) is 22.6 Å². The molecule has 0 atom stereocenters. The average Bonchev–Trinajstić information content (AvgIpc) is 2.56. The molecule has 78 valence electrons. The first-order chi connectivity index (χ1) is 7.33. The fourth-order valence-electron chi connectivity index (χ4n) is 1.76. The van der Waals surface area contributed by atoms with Crippen molar-refractivity contribution in [3.63, 3.8) is 0 Å². The van der Waals surface area contributed by atoms with Crippen molar-refractivity contribution in [1.82, 2.24) is 4.98 Å². The molecule has 4 nitrogen and oxygen atoms in total. The lowest BCUT2D eigenvalue weighted by Crippen LogP contribution is -2.27. The molecule has 15 heavy (non-hydrogen) atoms. The van der Waals surface area contributed by atoms with Crippen LogP contribution >= 0.6 is 0 Å². The Hall–Kier alpha value is -1.71. The Morgan fingerprint density at radius 3 is 2.93 bits per heavy atom. The van der Waals surface area contributed by atoms with Crippen molar-refractivity contribution >= 4 is 22.8 Å². The minimum atomic E-state index is 0.527. The molecule has 0 unspecified atom stereocenters. The monoisotopic (exact) mass is 203 g/mol. The Balaban J connectivity index is 1.95. The molecule has 4 heteroatoms. The van der Waals surface area contributed by atoms with Gasteiger partial charge in [0.15, 0.2) is 5.58 Å². The number of hydrogen-bond donors (Lipinski definition) is 2. The molecule has 1 aromatic carbocycles. The fourth-order valence-corrected chi connectivity index (χ4v) is 1.76. The molecule has 0 radical (unpaired) electrons. The van der Waals surface area contributed by atoms with Crippen LogP contribution in [0.5, 0.6) is 0 Å². The van der Waals surface area contributed by atoms with Crippen LogP contribution in [0.3, 0.4) is 0 Å². The van der Waals surface area contributed by atoms with E-state index in [0.29, 0.717) is 17.7 Å². The summed E-state index contributed by atoms with van der Waals surface area (Å²) in [4.78, 5) is 4.33. The van der Waals surface area contributed by atoms with Gasteiger partial charge in [0.1, 0.15) is 5.52 Å². The number of nitrogens with two attached hydrogens (primary N) is 1. The molecule has 1 aliphatic carbocycles. The van der Waals surface area contributed by atoms with Crippen molar-refractivity contribution in [3.05, 3.63) is 18.2 Å². The zero-order valence-corrected chi connectivity index (χ0v) is 8.36. The number of fused-ring (bicyclic) bond motifs is 1. The molecule has 1 aromatic heterocycles. The number of nitrogen functional groups attached to an aromatic ring is 1. The number of rotatable bonds is 2. The molecule has 2 aromatic rings. The second kappa shape index (κ2) is 3.15. The number of oxazole rings is 1. The molecule has 1 aliphatic rings. The second-order valence-corrected chi connectivity index (χ2v) is 3.99. The van der Waals surface area contributed by atoms with Crippen molar-refractivity contribution in [2.24, 2.45) is 0 Å². The maximum atomic E-state index is 5.80. The van der Waals surface area contributed by atoms with E-state index < -0.39 is 0 Å². The van der Waals surface area contributed by atoms with Crippen LogP contribution in [0.4, 0.5) is 11.7 Å². The molecule has 1 fully saturated rings. The topological polar surface area (TPSA) is 64.1 Å². The molecule has 0 amide bonds. The lowest BCUT2D eigenvalue weighted by molar-refractivity contribution is 0.432. The van der Waals surface area contributed by atoms with Gasteiger partial charge in [-0.05, 0) is 31.4 Å². The van der Waals surface area contributed by atoms with E-state index >= 15 is 0 Å². The Labute approximate surface area is 87.5 Å². The van der Waals surface area contributed by atoms with Crippen LogP contribution in [0.2, 0.25) is 0 Å². The molecule has 3 N–H and O–H groups in total. The van der Waals surface area contributed by atoms with E-state index in [9.17, 15) is 0 Å². The van der Waals surface area contributed by atoms with Gasteiger partial charge in [-0.3, -0.25) is 0 Å². The number of anilines is 2. The smallest absolute Gasteiger partial charge is 0.295 e. The summed E-state index contributed by atoms with van der Waals surface area (Å²) in [5.74, 6) is 0. The summed E-state index contributed by atoms with van der Waals surface area (Å²) in [6, 6.07) is 6.70. The fraction of sp³-hybridized carbons (Fsp3) is 0.364. The quantitative estimate of drug-likeness (QED) is 0.735. The maximum absolute atomic E-state index is 5.80. The predicted molar refractivity (Wildman–Crippen MR) is 59.7 cm³/mol. The average molecular weight is 203 g/mol. The summed E-state index contributed by atoms with van der Waals surface area (Å²) in [6.45, 7) is 0. The number of para-hydroxylation sites is 1. The van der Waals surface area contributed by atoms with E-state index in [-0.39, 0.29) is 0 Å². The van der Waals surface area contributed by atoms with E-state index in [1.807, 2.05) is 18.2 Å². The van der Waals surface area contributed by atoms with Crippen LogP contribution in [-0.4, -0.2) is 11.0 Å². The minimum absolute atomic E-state index is 0.527. The molecule has 0 spiro atoms. The first-order valence-corrected chi connectivity index (χ1v) is 5.24. The van der Waals surface area contributed by atoms with Crippen molar-refractivity contribution in [1.29, 1.82) is 0 Å². The van der Waals surface area contributed by atoms with E-state index in [2.05, 4.69) is 10.3 Å². The number of aromatic nitrogens is 1. The van der Waals surface area contributed by atoms with Gasteiger partial charge in [0, 0.05) is 6.04 Å². The van der Waals surface area contributed by atoms with Gasteiger partial charge >= 0.3 is 0 Å². The van der Waals surface area contributed by atoms with Crippen molar-refractivity contribution in [2.75, 3.05) is 11.1 Å². The maximum Gasteiger partial charge on any atom is 0.295 e. The van der Waals surface area contributed by atoms with E-state index in [0.717, 1.165) is 11.1 Å². The highest BCUT2D eigenvalue weighted by Gasteiger charge is 2.19. The van der Waals surface area contributed by atoms with Crippen LogP contribution in [0.25, 0.3) is 11.1 Å².